The number of anilines is 5. The number of carbonyl (C=O) groups is 2. The fourth-order valence-corrected chi connectivity index (χ4v) is 3.71. The summed E-state index contributed by atoms with van der Waals surface area (Å²) < 4.78 is 27.5. The monoisotopic (exact) mass is 439 g/mol. The van der Waals surface area contributed by atoms with Crippen LogP contribution in [0.4, 0.5) is 33.2 Å². The van der Waals surface area contributed by atoms with E-state index >= 15 is 0 Å². The van der Waals surface area contributed by atoms with Crippen LogP contribution < -0.4 is 26.4 Å². The number of para-hydroxylation sites is 2. The van der Waals surface area contributed by atoms with Crippen LogP contribution in [0.25, 0.3) is 0 Å². The second-order valence-corrected chi connectivity index (χ2v) is 8.24. The SMILES string of the molecule is CC(=O)Nc1ccc(S(=O)(=O)Nc2ccc(NC(=O)Nc3ccccc3N)cc2)cc1. The maximum Gasteiger partial charge on any atom is 0.323 e. The highest BCUT2D eigenvalue weighted by Gasteiger charge is 2.14. The molecule has 0 saturated carbocycles. The highest BCUT2D eigenvalue weighted by Crippen LogP contribution is 2.21. The zero-order valence-corrected chi connectivity index (χ0v) is 17.4. The summed E-state index contributed by atoms with van der Waals surface area (Å²) in [5, 5.41) is 7.85. The second kappa shape index (κ2) is 9.18. The molecule has 0 aliphatic rings. The van der Waals surface area contributed by atoms with Crippen LogP contribution in [0, 0.1) is 0 Å². The molecule has 160 valence electrons. The Balaban J connectivity index is 1.62. The summed E-state index contributed by atoms with van der Waals surface area (Å²) in [5.41, 5.74) is 8.00. The number of nitrogens with one attached hydrogen (secondary N) is 4. The molecule has 3 aromatic carbocycles. The lowest BCUT2D eigenvalue weighted by Crippen LogP contribution is -2.20. The molecule has 6 N–H and O–H groups in total. The minimum atomic E-state index is -3.82. The molecule has 0 heterocycles. The predicted molar refractivity (Wildman–Crippen MR) is 121 cm³/mol. The Morgan fingerprint density at radius 1 is 0.742 bits per heavy atom. The van der Waals surface area contributed by atoms with Gasteiger partial charge in [0, 0.05) is 24.0 Å². The van der Waals surface area contributed by atoms with Crippen LogP contribution in [0.3, 0.4) is 0 Å². The van der Waals surface area contributed by atoms with E-state index in [2.05, 4.69) is 20.7 Å². The van der Waals surface area contributed by atoms with Gasteiger partial charge in [0.15, 0.2) is 0 Å². The van der Waals surface area contributed by atoms with Crippen molar-refractivity contribution < 1.29 is 18.0 Å². The topological polar surface area (TPSA) is 142 Å². The molecule has 3 aromatic rings. The van der Waals surface area contributed by atoms with Gasteiger partial charge in [0.2, 0.25) is 5.91 Å². The number of hydrogen-bond acceptors (Lipinski definition) is 5. The van der Waals surface area contributed by atoms with Crippen molar-refractivity contribution in [3.8, 4) is 0 Å². The van der Waals surface area contributed by atoms with Crippen LogP contribution in [0.1, 0.15) is 6.92 Å². The Bertz CT molecular complexity index is 1190. The van der Waals surface area contributed by atoms with Crippen molar-refractivity contribution in [2.45, 2.75) is 11.8 Å². The Morgan fingerprint density at radius 2 is 1.29 bits per heavy atom. The molecule has 3 amide bonds. The standard InChI is InChI=1S/C21H21N5O4S/c1-14(27)23-15-10-12-18(13-11-15)31(29,30)26-17-8-6-16(7-9-17)24-21(28)25-20-5-3-2-4-19(20)22/h2-13,26H,22H2,1H3,(H,23,27)(H2,24,25,28). The molecule has 0 aliphatic heterocycles. The smallest absolute Gasteiger partial charge is 0.323 e. The third kappa shape index (κ3) is 5.97. The van der Waals surface area contributed by atoms with Crippen molar-refractivity contribution in [2.75, 3.05) is 26.4 Å². The van der Waals surface area contributed by atoms with Gasteiger partial charge in [0.05, 0.1) is 16.3 Å². The minimum Gasteiger partial charge on any atom is -0.397 e. The van der Waals surface area contributed by atoms with E-state index in [0.717, 1.165) is 0 Å². The number of rotatable bonds is 6. The number of benzene rings is 3. The number of nitrogen functional groups attached to an aromatic ring is 1. The lowest BCUT2D eigenvalue weighted by Gasteiger charge is -2.11. The zero-order chi connectivity index (χ0) is 22.4. The molecular weight excluding hydrogens is 418 g/mol. The molecule has 0 bridgehead atoms. The zero-order valence-electron chi connectivity index (χ0n) is 16.5. The Hall–Kier alpha value is -4.05. The van der Waals surface area contributed by atoms with Gasteiger partial charge in [-0.15, -0.1) is 0 Å². The first-order valence-corrected chi connectivity index (χ1v) is 10.6. The first kappa shape index (κ1) is 21.7. The van der Waals surface area contributed by atoms with Crippen molar-refractivity contribution in [3.63, 3.8) is 0 Å². The summed E-state index contributed by atoms with van der Waals surface area (Å²) in [7, 11) is -3.82. The van der Waals surface area contributed by atoms with Gasteiger partial charge in [0.1, 0.15) is 0 Å². The van der Waals surface area contributed by atoms with Gasteiger partial charge in [0.25, 0.3) is 10.0 Å². The van der Waals surface area contributed by atoms with Crippen LogP contribution in [-0.2, 0) is 14.8 Å². The van der Waals surface area contributed by atoms with Crippen molar-refractivity contribution in [2.24, 2.45) is 0 Å². The molecule has 0 fully saturated rings. The highest BCUT2D eigenvalue weighted by molar-refractivity contribution is 7.92. The average Bonchev–Trinajstić information content (AvgIpc) is 2.71. The molecule has 9 nitrogen and oxygen atoms in total. The largest absolute Gasteiger partial charge is 0.397 e. The van der Waals surface area contributed by atoms with Gasteiger partial charge in [-0.25, -0.2) is 13.2 Å². The third-order valence-corrected chi connectivity index (χ3v) is 5.49. The predicted octanol–water partition coefficient (Wildman–Crippen LogP) is 3.67. The van der Waals surface area contributed by atoms with Crippen molar-refractivity contribution in [1.82, 2.24) is 0 Å². The summed E-state index contributed by atoms with van der Waals surface area (Å²) >= 11 is 0. The van der Waals surface area contributed by atoms with E-state index in [4.69, 9.17) is 5.73 Å². The summed E-state index contributed by atoms with van der Waals surface area (Å²) in [6.07, 6.45) is 0. The first-order valence-electron chi connectivity index (χ1n) is 9.16. The van der Waals surface area contributed by atoms with Gasteiger partial charge in [-0.2, -0.15) is 0 Å². The van der Waals surface area contributed by atoms with Gasteiger partial charge >= 0.3 is 6.03 Å². The van der Waals surface area contributed by atoms with Gasteiger partial charge < -0.3 is 21.7 Å². The van der Waals surface area contributed by atoms with Crippen molar-refractivity contribution >= 4 is 50.4 Å². The average molecular weight is 439 g/mol. The number of urea groups is 1. The van der Waals surface area contributed by atoms with Gasteiger partial charge in [-0.3, -0.25) is 9.52 Å². The molecular formula is C21H21N5O4S. The molecule has 0 aromatic heterocycles. The maximum atomic E-state index is 12.5. The van der Waals surface area contributed by atoms with Gasteiger partial charge in [-0.05, 0) is 60.7 Å². The van der Waals surface area contributed by atoms with Crippen molar-refractivity contribution in [1.29, 1.82) is 0 Å². The lowest BCUT2D eigenvalue weighted by molar-refractivity contribution is -0.114. The molecule has 0 radical (unpaired) electrons. The molecule has 0 spiro atoms. The molecule has 0 aliphatic carbocycles. The molecule has 10 heteroatoms. The lowest BCUT2D eigenvalue weighted by atomic mass is 10.2. The number of carbonyl (C=O) groups excluding carboxylic acids is 2. The minimum absolute atomic E-state index is 0.0450. The van der Waals surface area contributed by atoms with E-state index in [0.29, 0.717) is 28.4 Å². The Morgan fingerprint density at radius 3 is 1.90 bits per heavy atom. The maximum absolute atomic E-state index is 12.5. The summed E-state index contributed by atoms with van der Waals surface area (Å²) in [6, 6.07) is 18.3. The molecule has 31 heavy (non-hydrogen) atoms. The van der Waals surface area contributed by atoms with Crippen LogP contribution in [0.5, 0.6) is 0 Å². The van der Waals surface area contributed by atoms with Crippen LogP contribution in [0.15, 0.2) is 77.7 Å². The quantitative estimate of drug-likeness (QED) is 0.373. The fraction of sp³-hybridized carbons (Fsp3) is 0.0476. The molecule has 0 atom stereocenters. The van der Waals surface area contributed by atoms with E-state index in [9.17, 15) is 18.0 Å². The van der Waals surface area contributed by atoms with Crippen LogP contribution in [0.2, 0.25) is 0 Å². The molecule has 0 unspecified atom stereocenters. The van der Waals surface area contributed by atoms with E-state index < -0.39 is 16.1 Å². The summed E-state index contributed by atoms with van der Waals surface area (Å²) in [4.78, 5) is 23.2. The number of sulfonamides is 1. The van der Waals surface area contributed by atoms with E-state index in [1.54, 1.807) is 36.4 Å². The second-order valence-electron chi connectivity index (χ2n) is 6.55. The summed E-state index contributed by atoms with van der Waals surface area (Å²) in [6.45, 7) is 1.37. The first-order chi connectivity index (χ1) is 14.7. The summed E-state index contributed by atoms with van der Waals surface area (Å²) in [5.74, 6) is -0.247. The Labute approximate surface area is 179 Å². The number of nitrogens with two attached hydrogens (primary N) is 1. The third-order valence-electron chi connectivity index (χ3n) is 4.09. The van der Waals surface area contributed by atoms with Crippen LogP contribution in [-0.4, -0.2) is 20.4 Å². The van der Waals surface area contributed by atoms with Crippen LogP contribution >= 0.6 is 0 Å². The van der Waals surface area contributed by atoms with Crippen molar-refractivity contribution in [3.05, 3.63) is 72.8 Å². The van der Waals surface area contributed by atoms with E-state index in [-0.39, 0.29) is 10.8 Å². The van der Waals surface area contributed by atoms with E-state index in [1.807, 2.05) is 0 Å². The molecule has 0 saturated heterocycles. The fourth-order valence-electron chi connectivity index (χ4n) is 2.65. The normalized spacial score (nSPS) is 10.7. The molecule has 3 rings (SSSR count). The Kier molecular flexibility index (Phi) is 6.41. The van der Waals surface area contributed by atoms with Gasteiger partial charge in [-0.1, -0.05) is 12.1 Å². The van der Waals surface area contributed by atoms with E-state index in [1.165, 1.54) is 43.3 Å². The highest BCUT2D eigenvalue weighted by atomic mass is 32.2. The number of amides is 3. The number of hydrogen-bond donors (Lipinski definition) is 5.